The number of carbonyl (C=O) groups excluding carboxylic acids is 1. The van der Waals surface area contributed by atoms with Gasteiger partial charge in [-0.15, -0.1) is 0 Å². The molecular weight excluding hydrogens is 252 g/mol. The minimum Gasteiger partial charge on any atom is -0.481 e. The van der Waals surface area contributed by atoms with Crippen LogP contribution in [0.5, 0.6) is 0 Å². The van der Waals surface area contributed by atoms with Crippen molar-refractivity contribution in [1.29, 1.82) is 0 Å². The minimum absolute atomic E-state index is 0.130. The highest BCUT2D eigenvalue weighted by Gasteiger charge is 2.27. The van der Waals surface area contributed by atoms with E-state index in [4.69, 9.17) is 5.11 Å². The summed E-state index contributed by atoms with van der Waals surface area (Å²) in [6, 6.07) is -0.130. The molecule has 1 heterocycles. The number of urea groups is 1. The molecule has 2 atom stereocenters. The van der Waals surface area contributed by atoms with Crippen LogP contribution in [0.15, 0.2) is 0 Å². The van der Waals surface area contributed by atoms with Crippen molar-refractivity contribution in [2.45, 2.75) is 31.4 Å². The smallest absolute Gasteiger partial charge is 0.317 e. The van der Waals surface area contributed by atoms with E-state index in [1.54, 1.807) is 16.7 Å². The fourth-order valence-electron chi connectivity index (χ4n) is 1.98. The third-order valence-electron chi connectivity index (χ3n) is 3.29. The van der Waals surface area contributed by atoms with Gasteiger partial charge in [-0.05, 0) is 25.5 Å². The van der Waals surface area contributed by atoms with Gasteiger partial charge in [0.15, 0.2) is 0 Å². The molecule has 2 amide bonds. The number of likely N-dealkylation sites (tertiary alicyclic amines) is 1. The monoisotopic (exact) mass is 274 g/mol. The summed E-state index contributed by atoms with van der Waals surface area (Å²) >= 11 is 1.77. The van der Waals surface area contributed by atoms with Gasteiger partial charge in [0.25, 0.3) is 0 Å². The van der Waals surface area contributed by atoms with Gasteiger partial charge in [0.1, 0.15) is 0 Å². The van der Waals surface area contributed by atoms with Gasteiger partial charge in [-0.25, -0.2) is 4.79 Å². The number of nitrogens with one attached hydrogen (secondary N) is 1. The molecule has 0 aromatic heterocycles. The lowest BCUT2D eigenvalue weighted by Gasteiger charge is -2.30. The van der Waals surface area contributed by atoms with Crippen LogP contribution in [-0.2, 0) is 4.79 Å². The van der Waals surface area contributed by atoms with E-state index in [0.717, 1.165) is 12.8 Å². The number of rotatable bonds is 5. The van der Waals surface area contributed by atoms with E-state index in [-0.39, 0.29) is 6.03 Å². The Labute approximate surface area is 112 Å². The van der Waals surface area contributed by atoms with Crippen LogP contribution in [0.25, 0.3) is 0 Å². The highest BCUT2D eigenvalue weighted by molar-refractivity contribution is 7.99. The maximum absolute atomic E-state index is 11.9. The highest BCUT2D eigenvalue weighted by Crippen LogP contribution is 2.16. The maximum Gasteiger partial charge on any atom is 0.317 e. The molecule has 1 aliphatic heterocycles. The van der Waals surface area contributed by atoms with Crippen molar-refractivity contribution in [3.05, 3.63) is 0 Å². The predicted octanol–water partition coefficient (Wildman–Crippen LogP) is 1.63. The van der Waals surface area contributed by atoms with Crippen molar-refractivity contribution < 1.29 is 14.7 Å². The van der Waals surface area contributed by atoms with E-state index in [0.29, 0.717) is 31.3 Å². The van der Waals surface area contributed by atoms with Gasteiger partial charge in [-0.3, -0.25) is 4.79 Å². The molecule has 0 bridgehead atoms. The lowest BCUT2D eigenvalue weighted by atomic mass is 9.99. The summed E-state index contributed by atoms with van der Waals surface area (Å²) in [7, 11) is 0. The maximum atomic E-state index is 11.9. The SMILES string of the molecule is CSC(C)CCNC(=O)N1CCC[C@H](C(=O)O)C1. The Morgan fingerprint density at radius 3 is 2.89 bits per heavy atom. The molecule has 5 nitrogen and oxygen atoms in total. The Morgan fingerprint density at radius 2 is 2.28 bits per heavy atom. The average Bonchev–Trinajstić information content (AvgIpc) is 2.38. The van der Waals surface area contributed by atoms with Gasteiger partial charge in [0, 0.05) is 24.9 Å². The number of carboxylic acids is 1. The molecule has 0 saturated carbocycles. The summed E-state index contributed by atoms with van der Waals surface area (Å²) in [5.41, 5.74) is 0. The summed E-state index contributed by atoms with van der Waals surface area (Å²) in [5.74, 6) is -1.21. The van der Waals surface area contributed by atoms with Crippen LogP contribution in [-0.4, -0.2) is 53.1 Å². The normalized spacial score (nSPS) is 21.4. The molecule has 0 spiro atoms. The Kier molecular flexibility index (Phi) is 6.32. The second-order valence-corrected chi connectivity index (χ2v) is 5.97. The van der Waals surface area contributed by atoms with E-state index in [1.807, 2.05) is 0 Å². The van der Waals surface area contributed by atoms with Crippen molar-refractivity contribution in [3.63, 3.8) is 0 Å². The van der Waals surface area contributed by atoms with E-state index in [9.17, 15) is 9.59 Å². The Balaban J connectivity index is 2.30. The zero-order valence-corrected chi connectivity index (χ0v) is 11.8. The van der Waals surface area contributed by atoms with Crippen molar-refractivity contribution in [2.24, 2.45) is 5.92 Å². The molecular formula is C12H22N2O3S. The quantitative estimate of drug-likeness (QED) is 0.799. The van der Waals surface area contributed by atoms with E-state index >= 15 is 0 Å². The number of carboxylic acid groups (broad SMARTS) is 1. The van der Waals surface area contributed by atoms with Crippen LogP contribution >= 0.6 is 11.8 Å². The molecule has 1 rings (SSSR count). The van der Waals surface area contributed by atoms with Gasteiger partial charge in [-0.1, -0.05) is 6.92 Å². The summed E-state index contributed by atoms with van der Waals surface area (Å²) in [6.07, 6.45) is 4.42. The zero-order chi connectivity index (χ0) is 13.5. The van der Waals surface area contributed by atoms with Crippen LogP contribution in [0.1, 0.15) is 26.2 Å². The van der Waals surface area contributed by atoms with Crippen molar-refractivity contribution >= 4 is 23.8 Å². The molecule has 2 N–H and O–H groups in total. The molecule has 1 fully saturated rings. The first-order valence-electron chi connectivity index (χ1n) is 6.33. The number of piperidine rings is 1. The molecule has 104 valence electrons. The van der Waals surface area contributed by atoms with Gasteiger partial charge < -0.3 is 15.3 Å². The van der Waals surface area contributed by atoms with Crippen LogP contribution in [0.4, 0.5) is 4.79 Å². The predicted molar refractivity (Wildman–Crippen MR) is 72.9 cm³/mol. The molecule has 0 radical (unpaired) electrons. The second-order valence-electron chi connectivity index (χ2n) is 4.69. The van der Waals surface area contributed by atoms with Crippen LogP contribution in [0.2, 0.25) is 0 Å². The average molecular weight is 274 g/mol. The first-order valence-corrected chi connectivity index (χ1v) is 7.61. The topological polar surface area (TPSA) is 69.6 Å². The Morgan fingerprint density at radius 1 is 1.56 bits per heavy atom. The lowest BCUT2D eigenvalue weighted by Crippen LogP contribution is -2.47. The molecule has 0 aromatic rings. The lowest BCUT2D eigenvalue weighted by molar-refractivity contribution is -0.143. The van der Waals surface area contributed by atoms with Crippen molar-refractivity contribution in [1.82, 2.24) is 10.2 Å². The summed E-state index contributed by atoms with van der Waals surface area (Å²) in [6.45, 7) is 3.76. The summed E-state index contributed by atoms with van der Waals surface area (Å²) in [5, 5.41) is 12.3. The van der Waals surface area contributed by atoms with Crippen molar-refractivity contribution in [3.8, 4) is 0 Å². The number of amides is 2. The fraction of sp³-hybridized carbons (Fsp3) is 0.833. The fourth-order valence-corrected chi connectivity index (χ4v) is 2.33. The minimum atomic E-state index is -0.802. The summed E-state index contributed by atoms with van der Waals surface area (Å²) < 4.78 is 0. The van der Waals surface area contributed by atoms with Crippen LogP contribution in [0, 0.1) is 5.92 Å². The number of thioether (sulfide) groups is 1. The van der Waals surface area contributed by atoms with Crippen molar-refractivity contribution in [2.75, 3.05) is 25.9 Å². The van der Waals surface area contributed by atoms with E-state index in [2.05, 4.69) is 18.5 Å². The Hall–Kier alpha value is -0.910. The zero-order valence-electron chi connectivity index (χ0n) is 11.0. The van der Waals surface area contributed by atoms with E-state index in [1.165, 1.54) is 0 Å². The largest absolute Gasteiger partial charge is 0.481 e. The van der Waals surface area contributed by atoms with Crippen LogP contribution < -0.4 is 5.32 Å². The molecule has 0 aromatic carbocycles. The molecule has 6 heteroatoms. The van der Waals surface area contributed by atoms with E-state index < -0.39 is 11.9 Å². The Bertz CT molecular complexity index is 299. The number of carbonyl (C=O) groups is 2. The second kappa shape index (κ2) is 7.51. The number of hydrogen-bond donors (Lipinski definition) is 2. The highest BCUT2D eigenvalue weighted by atomic mass is 32.2. The summed E-state index contributed by atoms with van der Waals surface area (Å²) in [4.78, 5) is 24.4. The standard InChI is InChI=1S/C12H22N2O3S/c1-9(18-2)5-6-13-12(17)14-7-3-4-10(8-14)11(15)16/h9-10H,3-8H2,1-2H3,(H,13,17)(H,15,16)/t9?,10-/m0/s1. The first kappa shape index (κ1) is 15.1. The van der Waals surface area contributed by atoms with Gasteiger partial charge in [-0.2, -0.15) is 11.8 Å². The van der Waals surface area contributed by atoms with Gasteiger partial charge in [0.2, 0.25) is 0 Å². The number of hydrogen-bond acceptors (Lipinski definition) is 3. The van der Waals surface area contributed by atoms with Gasteiger partial charge in [0.05, 0.1) is 5.92 Å². The molecule has 1 aliphatic rings. The number of nitrogens with zero attached hydrogens (tertiary/aromatic N) is 1. The molecule has 0 aliphatic carbocycles. The third kappa shape index (κ3) is 4.76. The number of aliphatic carboxylic acids is 1. The third-order valence-corrected chi connectivity index (χ3v) is 4.33. The first-order chi connectivity index (χ1) is 8.54. The van der Waals surface area contributed by atoms with Crippen LogP contribution in [0.3, 0.4) is 0 Å². The molecule has 1 unspecified atom stereocenters. The molecule has 18 heavy (non-hydrogen) atoms. The molecule has 1 saturated heterocycles. The van der Waals surface area contributed by atoms with Gasteiger partial charge >= 0.3 is 12.0 Å².